The van der Waals surface area contributed by atoms with E-state index in [2.05, 4.69) is 40.3 Å². The highest BCUT2D eigenvalue weighted by atomic mass is 32.2. The highest BCUT2D eigenvalue weighted by Gasteiger charge is 2.17. The van der Waals surface area contributed by atoms with Crippen molar-refractivity contribution in [2.24, 2.45) is 0 Å². The van der Waals surface area contributed by atoms with Crippen LogP contribution in [0.4, 0.5) is 5.69 Å². The SMILES string of the molecule is CCN(CCOC)c1cccc2oc(-c3cnc4ccc(OCCCSC)nn34)cc12. The highest BCUT2D eigenvalue weighted by molar-refractivity contribution is 7.98. The van der Waals surface area contributed by atoms with Gasteiger partial charge in [-0.2, -0.15) is 11.8 Å². The predicted molar refractivity (Wildman–Crippen MR) is 126 cm³/mol. The normalized spacial score (nSPS) is 11.5. The Hall–Kier alpha value is -2.71. The number of imidazole rings is 1. The summed E-state index contributed by atoms with van der Waals surface area (Å²) in [5.74, 6) is 2.38. The van der Waals surface area contributed by atoms with Gasteiger partial charge in [0.2, 0.25) is 5.88 Å². The summed E-state index contributed by atoms with van der Waals surface area (Å²) in [5.41, 5.74) is 3.52. The van der Waals surface area contributed by atoms with Crippen LogP contribution in [0.2, 0.25) is 0 Å². The molecule has 4 rings (SSSR count). The quantitative estimate of drug-likeness (QED) is 0.312. The number of aromatic nitrogens is 3. The van der Waals surface area contributed by atoms with Crippen LogP contribution < -0.4 is 9.64 Å². The van der Waals surface area contributed by atoms with E-state index < -0.39 is 0 Å². The maximum absolute atomic E-state index is 6.21. The maximum Gasteiger partial charge on any atom is 0.231 e. The topological polar surface area (TPSA) is 65.0 Å². The van der Waals surface area contributed by atoms with Crippen molar-refractivity contribution in [1.82, 2.24) is 14.6 Å². The number of likely N-dealkylation sites (N-methyl/N-ethyl adjacent to an activating group) is 1. The standard InChI is InChI=1S/C23H28N4O3S/c1-4-26(11-13-28-2)18-7-5-8-20-17(18)15-21(30-20)19-16-24-22-9-10-23(25-27(19)22)29-12-6-14-31-3/h5,7-10,15-16H,4,6,11-14H2,1-3H3. The van der Waals surface area contributed by atoms with Gasteiger partial charge in [0, 0.05) is 37.3 Å². The zero-order valence-electron chi connectivity index (χ0n) is 18.2. The van der Waals surface area contributed by atoms with E-state index in [1.165, 1.54) is 0 Å². The average molecular weight is 441 g/mol. The van der Waals surface area contributed by atoms with E-state index in [9.17, 15) is 0 Å². The lowest BCUT2D eigenvalue weighted by Crippen LogP contribution is -2.26. The zero-order chi connectivity index (χ0) is 21.6. The summed E-state index contributed by atoms with van der Waals surface area (Å²) in [5, 5.41) is 5.70. The van der Waals surface area contributed by atoms with Crippen molar-refractivity contribution in [3.63, 3.8) is 0 Å². The van der Waals surface area contributed by atoms with Crippen molar-refractivity contribution in [1.29, 1.82) is 0 Å². The molecular weight excluding hydrogens is 412 g/mol. The van der Waals surface area contributed by atoms with Crippen LogP contribution in [0.3, 0.4) is 0 Å². The molecule has 3 heterocycles. The third kappa shape index (κ3) is 4.65. The van der Waals surface area contributed by atoms with Crippen LogP contribution in [0.1, 0.15) is 13.3 Å². The second kappa shape index (κ2) is 10.1. The van der Waals surface area contributed by atoms with Crippen molar-refractivity contribution in [2.45, 2.75) is 13.3 Å². The summed E-state index contributed by atoms with van der Waals surface area (Å²) in [6.07, 6.45) is 4.87. The van der Waals surface area contributed by atoms with Gasteiger partial charge in [-0.15, -0.1) is 5.10 Å². The molecule has 0 N–H and O–H groups in total. The van der Waals surface area contributed by atoms with Crippen molar-refractivity contribution in [3.8, 4) is 17.3 Å². The minimum atomic E-state index is 0.585. The molecule has 0 saturated heterocycles. The molecular formula is C23H28N4O3S. The Morgan fingerprint density at radius 3 is 2.90 bits per heavy atom. The molecule has 0 atom stereocenters. The molecule has 1 aromatic carbocycles. The second-order valence-electron chi connectivity index (χ2n) is 7.15. The van der Waals surface area contributed by atoms with Crippen LogP contribution in [-0.2, 0) is 4.74 Å². The van der Waals surface area contributed by atoms with E-state index in [-0.39, 0.29) is 0 Å². The number of furan rings is 1. The molecule has 0 amide bonds. The lowest BCUT2D eigenvalue weighted by atomic mass is 10.2. The maximum atomic E-state index is 6.21. The predicted octanol–water partition coefficient (Wildman–Crippen LogP) is 4.75. The van der Waals surface area contributed by atoms with Gasteiger partial charge in [0.1, 0.15) is 11.3 Å². The molecule has 0 saturated carbocycles. The van der Waals surface area contributed by atoms with Gasteiger partial charge in [-0.05, 0) is 49.6 Å². The number of fused-ring (bicyclic) bond motifs is 2. The molecule has 8 heteroatoms. The van der Waals surface area contributed by atoms with E-state index in [0.29, 0.717) is 19.1 Å². The Labute approximate surface area is 186 Å². The number of thioether (sulfide) groups is 1. The van der Waals surface area contributed by atoms with Crippen molar-refractivity contribution in [2.75, 3.05) is 50.3 Å². The molecule has 0 radical (unpaired) electrons. The number of methoxy groups -OCH3 is 1. The summed E-state index contributed by atoms with van der Waals surface area (Å²) in [6.45, 7) is 5.17. The Morgan fingerprint density at radius 2 is 2.10 bits per heavy atom. The van der Waals surface area contributed by atoms with Gasteiger partial charge in [0.15, 0.2) is 11.4 Å². The molecule has 3 aromatic heterocycles. The molecule has 0 fully saturated rings. The van der Waals surface area contributed by atoms with E-state index in [1.54, 1.807) is 17.8 Å². The number of hydrogen-bond acceptors (Lipinski definition) is 7. The molecule has 0 aliphatic carbocycles. The summed E-state index contributed by atoms with van der Waals surface area (Å²) in [7, 11) is 1.73. The first-order valence-electron chi connectivity index (χ1n) is 10.5. The van der Waals surface area contributed by atoms with Gasteiger partial charge in [-0.3, -0.25) is 0 Å². The number of nitrogens with zero attached hydrogens (tertiary/aromatic N) is 4. The van der Waals surface area contributed by atoms with E-state index in [1.807, 2.05) is 36.0 Å². The first-order chi connectivity index (χ1) is 15.2. The fraction of sp³-hybridized carbons (Fsp3) is 0.391. The van der Waals surface area contributed by atoms with Gasteiger partial charge in [0.05, 0.1) is 19.4 Å². The van der Waals surface area contributed by atoms with Crippen LogP contribution in [-0.4, -0.2) is 60.0 Å². The largest absolute Gasteiger partial charge is 0.477 e. The number of rotatable bonds is 11. The lowest BCUT2D eigenvalue weighted by Gasteiger charge is -2.23. The molecule has 0 aliphatic rings. The van der Waals surface area contributed by atoms with Gasteiger partial charge < -0.3 is 18.8 Å². The molecule has 0 spiro atoms. The van der Waals surface area contributed by atoms with Crippen molar-refractivity contribution in [3.05, 3.63) is 42.6 Å². The van der Waals surface area contributed by atoms with Gasteiger partial charge in [-0.1, -0.05) is 6.07 Å². The number of hydrogen-bond donors (Lipinski definition) is 0. The van der Waals surface area contributed by atoms with Gasteiger partial charge in [0.25, 0.3) is 0 Å². The Kier molecular flexibility index (Phi) is 6.99. The van der Waals surface area contributed by atoms with Crippen LogP contribution in [0.25, 0.3) is 28.1 Å². The fourth-order valence-corrected chi connectivity index (χ4v) is 3.99. The number of ether oxygens (including phenoxy) is 2. The van der Waals surface area contributed by atoms with Crippen LogP contribution in [0.15, 0.2) is 47.0 Å². The smallest absolute Gasteiger partial charge is 0.231 e. The second-order valence-corrected chi connectivity index (χ2v) is 8.14. The van der Waals surface area contributed by atoms with Crippen molar-refractivity contribution >= 4 is 34.1 Å². The van der Waals surface area contributed by atoms with Gasteiger partial charge in [-0.25, -0.2) is 9.50 Å². The van der Waals surface area contributed by atoms with Crippen LogP contribution >= 0.6 is 11.8 Å². The number of benzene rings is 1. The van der Waals surface area contributed by atoms with Crippen LogP contribution in [0.5, 0.6) is 5.88 Å². The van der Waals surface area contributed by atoms with Crippen LogP contribution in [0, 0.1) is 0 Å². The monoisotopic (exact) mass is 440 g/mol. The molecule has 7 nitrogen and oxygen atoms in total. The van der Waals surface area contributed by atoms with E-state index in [0.717, 1.165) is 59.0 Å². The third-order valence-electron chi connectivity index (χ3n) is 5.16. The summed E-state index contributed by atoms with van der Waals surface area (Å²) < 4.78 is 19.1. The summed E-state index contributed by atoms with van der Waals surface area (Å²) in [4.78, 5) is 6.77. The first-order valence-corrected chi connectivity index (χ1v) is 11.9. The number of anilines is 1. The minimum absolute atomic E-state index is 0.585. The van der Waals surface area contributed by atoms with Crippen molar-refractivity contribution < 1.29 is 13.9 Å². The van der Waals surface area contributed by atoms with Gasteiger partial charge >= 0.3 is 0 Å². The molecule has 0 bridgehead atoms. The molecule has 0 aliphatic heterocycles. The molecule has 164 valence electrons. The molecule has 31 heavy (non-hydrogen) atoms. The van der Waals surface area contributed by atoms with E-state index >= 15 is 0 Å². The lowest BCUT2D eigenvalue weighted by molar-refractivity contribution is 0.205. The Balaban J connectivity index is 1.67. The first kappa shape index (κ1) is 21.5. The summed E-state index contributed by atoms with van der Waals surface area (Å²) >= 11 is 1.81. The Morgan fingerprint density at radius 1 is 1.19 bits per heavy atom. The summed E-state index contributed by atoms with van der Waals surface area (Å²) in [6, 6.07) is 12.0. The van der Waals surface area contributed by atoms with E-state index in [4.69, 9.17) is 13.9 Å². The molecule has 4 aromatic rings. The third-order valence-corrected chi connectivity index (χ3v) is 5.86. The fourth-order valence-electron chi connectivity index (χ4n) is 3.58. The highest BCUT2D eigenvalue weighted by Crippen LogP contribution is 2.34. The minimum Gasteiger partial charge on any atom is -0.477 e. The molecule has 0 unspecified atom stereocenters. The average Bonchev–Trinajstić information content (AvgIpc) is 3.41. The Bertz CT molecular complexity index is 1140. The zero-order valence-corrected chi connectivity index (χ0v) is 19.0.